The van der Waals surface area contributed by atoms with Gasteiger partial charge in [0.2, 0.25) is 12.3 Å². The van der Waals surface area contributed by atoms with E-state index in [1.54, 1.807) is 32.9 Å². The SMILES string of the molecule is CCCCC[C@@H](C(=O)NCNC(=O)c1ccc(-c2cc(OCC)cc(P(=O)(O)O)c2)o1)[C@@H](CC)N(C=O)OC(=O)c1ccc(OC)cc1C. The van der Waals surface area contributed by atoms with Crippen LogP contribution in [-0.2, 0) is 19.0 Å². The van der Waals surface area contributed by atoms with Gasteiger partial charge < -0.3 is 39.1 Å². The van der Waals surface area contributed by atoms with Crippen molar-refractivity contribution in [2.45, 2.75) is 65.8 Å². The van der Waals surface area contributed by atoms with E-state index >= 15 is 0 Å². The van der Waals surface area contributed by atoms with E-state index in [9.17, 15) is 33.5 Å². The molecule has 3 rings (SSSR count). The summed E-state index contributed by atoms with van der Waals surface area (Å²) in [4.78, 5) is 76.4. The molecule has 0 aliphatic rings. The average molecular weight is 702 g/mol. The monoisotopic (exact) mass is 701 g/mol. The van der Waals surface area contributed by atoms with Gasteiger partial charge >= 0.3 is 13.6 Å². The van der Waals surface area contributed by atoms with E-state index in [2.05, 4.69) is 10.6 Å². The number of ether oxygens (including phenoxy) is 2. The highest BCUT2D eigenvalue weighted by atomic mass is 31.2. The van der Waals surface area contributed by atoms with Crippen molar-refractivity contribution in [3.8, 4) is 22.8 Å². The Kier molecular flexibility index (Phi) is 14.4. The van der Waals surface area contributed by atoms with Crippen molar-refractivity contribution >= 4 is 37.1 Å². The summed E-state index contributed by atoms with van der Waals surface area (Å²) >= 11 is 0. The van der Waals surface area contributed by atoms with E-state index < -0.39 is 37.3 Å². The molecule has 1 aromatic heterocycles. The minimum absolute atomic E-state index is 0.109. The third-order valence-electron chi connectivity index (χ3n) is 7.78. The Labute approximate surface area is 285 Å². The number of rotatable bonds is 19. The largest absolute Gasteiger partial charge is 0.497 e. The molecule has 0 spiro atoms. The standard InChI is InChI=1S/C34H44N3O11P/c1-6-9-10-11-28(29(7-2)37(21-38)48-34(41)27-13-12-24(45-5)16-22(27)4)32(39)35-20-36-33(40)31-15-14-30(47-31)23-17-25(46-8-3)19-26(18-23)49(42,43)44/h12-19,21,28-29H,6-11,20H2,1-5H3,(H,35,39)(H,36,40)(H2,42,43,44)/t28-,29-/m1/s1. The van der Waals surface area contributed by atoms with Crippen LogP contribution in [0, 0.1) is 12.8 Å². The van der Waals surface area contributed by atoms with Gasteiger partial charge in [0.25, 0.3) is 5.91 Å². The summed E-state index contributed by atoms with van der Waals surface area (Å²) in [6, 6.07) is 10.9. The summed E-state index contributed by atoms with van der Waals surface area (Å²) in [5, 5.41) is 5.85. The van der Waals surface area contributed by atoms with E-state index in [4.69, 9.17) is 18.7 Å². The summed E-state index contributed by atoms with van der Waals surface area (Å²) in [5.41, 5.74) is 1.12. The van der Waals surface area contributed by atoms with Crippen LogP contribution in [0.3, 0.4) is 0 Å². The van der Waals surface area contributed by atoms with Crippen molar-refractivity contribution in [3.63, 3.8) is 0 Å². The summed E-state index contributed by atoms with van der Waals surface area (Å²) < 4.78 is 28.2. The third-order valence-corrected chi connectivity index (χ3v) is 8.71. The van der Waals surface area contributed by atoms with Crippen molar-refractivity contribution in [1.82, 2.24) is 15.7 Å². The van der Waals surface area contributed by atoms with Crippen LogP contribution in [0.5, 0.6) is 11.5 Å². The van der Waals surface area contributed by atoms with Crippen LogP contribution in [0.2, 0.25) is 0 Å². The molecule has 2 atom stereocenters. The number of hydrogen-bond acceptors (Lipinski definition) is 9. The average Bonchev–Trinajstić information content (AvgIpc) is 3.57. The Bertz CT molecular complexity index is 1650. The fraction of sp³-hybridized carbons (Fsp3) is 0.412. The number of carbonyl (C=O) groups excluding carboxylic acids is 4. The number of amides is 3. The number of nitrogens with one attached hydrogen (secondary N) is 2. The minimum Gasteiger partial charge on any atom is -0.497 e. The molecule has 15 heteroatoms. The first-order valence-corrected chi connectivity index (χ1v) is 17.6. The summed E-state index contributed by atoms with van der Waals surface area (Å²) in [5.74, 6) is -1.79. The number of methoxy groups -OCH3 is 1. The molecular formula is C34H44N3O11P. The van der Waals surface area contributed by atoms with Gasteiger partial charge in [0.15, 0.2) is 5.76 Å². The molecule has 0 radical (unpaired) electrons. The van der Waals surface area contributed by atoms with Gasteiger partial charge in [-0.25, -0.2) is 4.79 Å². The first-order chi connectivity index (χ1) is 23.4. The predicted octanol–water partition coefficient (Wildman–Crippen LogP) is 4.47. The molecule has 0 unspecified atom stereocenters. The van der Waals surface area contributed by atoms with Crippen molar-refractivity contribution in [2.24, 2.45) is 5.92 Å². The zero-order chi connectivity index (χ0) is 36.1. The first kappa shape index (κ1) is 38.8. The molecule has 4 N–H and O–H groups in total. The Morgan fingerprint density at radius 3 is 2.37 bits per heavy atom. The van der Waals surface area contributed by atoms with Crippen LogP contribution < -0.4 is 25.4 Å². The number of hydroxylamine groups is 2. The molecule has 0 bridgehead atoms. The molecule has 49 heavy (non-hydrogen) atoms. The van der Waals surface area contributed by atoms with Gasteiger partial charge in [-0.15, -0.1) is 0 Å². The minimum atomic E-state index is -4.61. The van der Waals surface area contributed by atoms with Crippen LogP contribution in [0.25, 0.3) is 11.3 Å². The Morgan fingerprint density at radius 1 is 1.00 bits per heavy atom. The normalized spacial score (nSPS) is 12.4. The molecule has 1 heterocycles. The van der Waals surface area contributed by atoms with E-state index in [-0.39, 0.29) is 41.4 Å². The Hall–Kier alpha value is -4.65. The molecule has 0 fully saturated rings. The number of aryl methyl sites for hydroxylation is 1. The number of hydrogen-bond donors (Lipinski definition) is 4. The maximum absolute atomic E-state index is 13.5. The zero-order valence-corrected chi connectivity index (χ0v) is 29.2. The number of carbonyl (C=O) groups is 4. The molecule has 266 valence electrons. The summed E-state index contributed by atoms with van der Waals surface area (Å²) in [6.07, 6.45) is 3.49. The maximum Gasteiger partial charge on any atom is 0.363 e. The van der Waals surface area contributed by atoms with E-state index in [0.717, 1.165) is 17.9 Å². The van der Waals surface area contributed by atoms with Gasteiger partial charge in [-0.05, 0) is 80.8 Å². The van der Waals surface area contributed by atoms with Gasteiger partial charge in [0, 0.05) is 5.56 Å². The predicted molar refractivity (Wildman–Crippen MR) is 180 cm³/mol. The molecule has 14 nitrogen and oxygen atoms in total. The van der Waals surface area contributed by atoms with E-state index in [1.165, 1.54) is 43.5 Å². The second-order valence-corrected chi connectivity index (χ2v) is 12.8. The van der Waals surface area contributed by atoms with Gasteiger partial charge in [-0.3, -0.25) is 18.9 Å². The molecule has 3 amide bonds. The number of benzene rings is 2. The molecule has 0 saturated heterocycles. The Morgan fingerprint density at radius 2 is 1.76 bits per heavy atom. The smallest absolute Gasteiger partial charge is 0.363 e. The number of nitrogens with zero attached hydrogens (tertiary/aromatic N) is 1. The van der Waals surface area contributed by atoms with Crippen LogP contribution >= 0.6 is 7.60 Å². The highest BCUT2D eigenvalue weighted by Gasteiger charge is 2.34. The van der Waals surface area contributed by atoms with E-state index in [0.29, 0.717) is 42.5 Å². The second-order valence-electron chi connectivity index (χ2n) is 11.2. The first-order valence-electron chi connectivity index (χ1n) is 16.0. The van der Waals surface area contributed by atoms with Crippen LogP contribution in [0.1, 0.15) is 79.4 Å². The van der Waals surface area contributed by atoms with E-state index in [1.807, 2.05) is 6.92 Å². The zero-order valence-electron chi connectivity index (χ0n) is 28.3. The maximum atomic E-state index is 13.5. The van der Waals surface area contributed by atoms with Crippen LogP contribution in [0.15, 0.2) is 52.9 Å². The Balaban J connectivity index is 1.71. The highest BCUT2D eigenvalue weighted by Crippen LogP contribution is 2.37. The van der Waals surface area contributed by atoms with Crippen LogP contribution in [-0.4, -0.2) is 65.5 Å². The van der Waals surface area contributed by atoms with Crippen LogP contribution in [0.4, 0.5) is 0 Å². The molecule has 0 aliphatic carbocycles. The lowest BCUT2D eigenvalue weighted by Crippen LogP contribution is -2.49. The molecule has 0 aliphatic heterocycles. The number of furan rings is 1. The molecule has 2 aromatic carbocycles. The summed E-state index contributed by atoms with van der Waals surface area (Å²) in [7, 11) is -3.10. The topological polar surface area (TPSA) is 194 Å². The fourth-order valence-electron chi connectivity index (χ4n) is 5.25. The number of unbranched alkanes of at least 4 members (excludes halogenated alkanes) is 2. The quantitative estimate of drug-likeness (QED) is 0.0453. The fourth-order valence-corrected chi connectivity index (χ4v) is 5.85. The molecule has 0 saturated carbocycles. The molecular weight excluding hydrogens is 657 g/mol. The summed E-state index contributed by atoms with van der Waals surface area (Å²) in [6.45, 7) is 7.22. The lowest BCUT2D eigenvalue weighted by atomic mass is 9.90. The van der Waals surface area contributed by atoms with Crippen molar-refractivity contribution < 1.29 is 52.3 Å². The lowest BCUT2D eigenvalue weighted by molar-refractivity contribution is -0.171. The third kappa shape index (κ3) is 10.7. The second kappa shape index (κ2) is 18.2. The van der Waals surface area contributed by atoms with Gasteiger partial charge in [0.05, 0.1) is 43.2 Å². The highest BCUT2D eigenvalue weighted by molar-refractivity contribution is 7.60. The van der Waals surface area contributed by atoms with Crippen molar-refractivity contribution in [3.05, 3.63) is 65.4 Å². The van der Waals surface area contributed by atoms with Gasteiger partial charge in [-0.1, -0.05) is 33.1 Å². The van der Waals surface area contributed by atoms with Gasteiger partial charge in [-0.2, -0.15) is 5.06 Å². The van der Waals surface area contributed by atoms with Gasteiger partial charge in [0.1, 0.15) is 17.3 Å². The van der Waals surface area contributed by atoms with Crippen molar-refractivity contribution in [2.75, 3.05) is 20.4 Å². The lowest BCUT2D eigenvalue weighted by Gasteiger charge is -2.32. The van der Waals surface area contributed by atoms with Crippen molar-refractivity contribution in [1.29, 1.82) is 0 Å². The molecule has 3 aromatic rings.